The number of amides is 2. The molecule has 172 valence electrons. The Hall–Kier alpha value is -3.28. The van der Waals surface area contributed by atoms with Crippen LogP contribution in [0.5, 0.6) is 5.75 Å². The molecule has 0 bridgehead atoms. The third-order valence-corrected chi connectivity index (χ3v) is 5.34. The van der Waals surface area contributed by atoms with E-state index in [1.807, 2.05) is 0 Å². The molecule has 0 spiro atoms. The van der Waals surface area contributed by atoms with Gasteiger partial charge in [-0.15, -0.1) is 0 Å². The summed E-state index contributed by atoms with van der Waals surface area (Å²) in [6.07, 6.45) is -3.73. The van der Waals surface area contributed by atoms with Crippen LogP contribution in [0.15, 0.2) is 42.5 Å². The number of hydrogen-bond acceptors (Lipinski definition) is 5. The van der Waals surface area contributed by atoms with Crippen LogP contribution in [0, 0.1) is 5.92 Å². The van der Waals surface area contributed by atoms with Crippen LogP contribution < -0.4 is 19.7 Å². The highest BCUT2D eigenvalue weighted by molar-refractivity contribution is 7.92. The maximum atomic E-state index is 13.0. The van der Waals surface area contributed by atoms with Gasteiger partial charge in [-0.05, 0) is 30.3 Å². The predicted octanol–water partition coefficient (Wildman–Crippen LogP) is 3.08. The Labute approximate surface area is 182 Å². The maximum Gasteiger partial charge on any atom is 0.416 e. The van der Waals surface area contributed by atoms with E-state index in [-0.39, 0.29) is 30.1 Å². The van der Waals surface area contributed by atoms with E-state index >= 15 is 0 Å². The molecule has 1 atom stereocenters. The third-order valence-electron chi connectivity index (χ3n) is 4.75. The van der Waals surface area contributed by atoms with Gasteiger partial charge >= 0.3 is 6.18 Å². The Morgan fingerprint density at radius 3 is 2.53 bits per heavy atom. The lowest BCUT2D eigenvalue weighted by molar-refractivity contribution is -0.137. The molecule has 12 heteroatoms. The summed E-state index contributed by atoms with van der Waals surface area (Å²) in [5.41, 5.74) is -0.334. The van der Waals surface area contributed by atoms with Crippen molar-refractivity contribution < 1.29 is 35.9 Å². The first-order chi connectivity index (χ1) is 14.9. The first kappa shape index (κ1) is 23.4. The van der Waals surface area contributed by atoms with E-state index in [4.69, 9.17) is 4.74 Å². The zero-order valence-corrected chi connectivity index (χ0v) is 17.9. The lowest BCUT2D eigenvalue weighted by Crippen LogP contribution is -2.28. The fourth-order valence-electron chi connectivity index (χ4n) is 3.28. The molecule has 1 aliphatic rings. The Bertz CT molecular complexity index is 1150. The number of carbonyl (C=O) groups is 2. The van der Waals surface area contributed by atoms with Crippen molar-refractivity contribution >= 4 is 38.9 Å². The molecule has 2 N–H and O–H groups in total. The molecule has 2 aromatic carbocycles. The van der Waals surface area contributed by atoms with Crippen LogP contribution in [0.25, 0.3) is 0 Å². The van der Waals surface area contributed by atoms with Crippen LogP contribution in [0.2, 0.25) is 0 Å². The number of nitrogens with zero attached hydrogens (tertiary/aromatic N) is 1. The highest BCUT2D eigenvalue weighted by Gasteiger charge is 2.37. The quantitative estimate of drug-likeness (QED) is 0.674. The fourth-order valence-corrected chi connectivity index (χ4v) is 3.85. The van der Waals surface area contributed by atoms with Crippen molar-refractivity contribution in [3.05, 3.63) is 48.0 Å². The molecule has 1 aliphatic heterocycles. The minimum atomic E-state index is -4.55. The average molecular weight is 471 g/mol. The zero-order valence-electron chi connectivity index (χ0n) is 17.1. The normalized spacial score (nSPS) is 16.7. The van der Waals surface area contributed by atoms with Crippen LogP contribution in [0.1, 0.15) is 12.0 Å². The molecule has 0 radical (unpaired) electrons. The summed E-state index contributed by atoms with van der Waals surface area (Å²) in [5, 5.41) is 2.62. The molecule has 2 aromatic rings. The monoisotopic (exact) mass is 471 g/mol. The summed E-state index contributed by atoms with van der Waals surface area (Å²) in [6, 6.07) is 8.63. The molecule has 8 nitrogen and oxygen atoms in total. The number of sulfonamides is 1. The fraction of sp³-hybridized carbons (Fsp3) is 0.300. The van der Waals surface area contributed by atoms with Gasteiger partial charge in [0.1, 0.15) is 5.75 Å². The summed E-state index contributed by atoms with van der Waals surface area (Å²) >= 11 is 0. The van der Waals surface area contributed by atoms with Crippen molar-refractivity contribution in [1.29, 1.82) is 0 Å². The molecule has 0 aromatic heterocycles. The molecule has 0 saturated carbocycles. The van der Waals surface area contributed by atoms with Crippen LogP contribution in [0.4, 0.5) is 30.2 Å². The van der Waals surface area contributed by atoms with Crippen LogP contribution in [0.3, 0.4) is 0 Å². The number of rotatable bonds is 6. The first-order valence-corrected chi connectivity index (χ1v) is 11.2. The topological polar surface area (TPSA) is 105 Å². The molecule has 2 amide bonds. The van der Waals surface area contributed by atoms with Gasteiger partial charge in [0.25, 0.3) is 0 Å². The lowest BCUT2D eigenvalue weighted by atomic mass is 10.1. The number of halogens is 3. The Kier molecular flexibility index (Phi) is 6.35. The number of anilines is 3. The Morgan fingerprint density at radius 2 is 1.91 bits per heavy atom. The second-order valence-corrected chi connectivity index (χ2v) is 8.98. The minimum Gasteiger partial charge on any atom is -0.494 e. The number of benzene rings is 2. The van der Waals surface area contributed by atoms with E-state index < -0.39 is 39.5 Å². The standard InChI is InChI=1S/C20H20F3N3O5S/c1-31-17-10-14(6-7-16(17)25-32(2,29)30)24-19(28)12-8-18(27)26(11-12)15-5-3-4-13(9-15)20(21,22)23/h3-7,9-10,12,25H,8,11H2,1-2H3,(H,24,28). The van der Waals surface area contributed by atoms with E-state index in [1.165, 1.54) is 37.4 Å². The van der Waals surface area contributed by atoms with E-state index in [2.05, 4.69) is 10.0 Å². The zero-order chi connectivity index (χ0) is 23.7. The maximum absolute atomic E-state index is 13.0. The summed E-state index contributed by atoms with van der Waals surface area (Å²) < 4.78 is 69.2. The Balaban J connectivity index is 1.73. The van der Waals surface area contributed by atoms with Gasteiger partial charge < -0.3 is 15.0 Å². The number of carbonyl (C=O) groups excluding carboxylic acids is 2. The van der Waals surface area contributed by atoms with E-state index in [9.17, 15) is 31.2 Å². The third kappa shape index (κ3) is 5.49. The first-order valence-electron chi connectivity index (χ1n) is 9.31. The van der Waals surface area contributed by atoms with Gasteiger partial charge in [-0.2, -0.15) is 13.2 Å². The SMILES string of the molecule is COc1cc(NC(=O)C2CC(=O)N(c3cccc(C(F)(F)F)c3)C2)ccc1NS(C)(=O)=O. The highest BCUT2D eigenvalue weighted by atomic mass is 32.2. The van der Waals surface area contributed by atoms with Crippen LogP contribution in [-0.2, 0) is 25.8 Å². The predicted molar refractivity (Wildman–Crippen MR) is 112 cm³/mol. The second kappa shape index (κ2) is 8.69. The van der Waals surface area contributed by atoms with Crippen LogP contribution >= 0.6 is 0 Å². The molecule has 1 fully saturated rings. The summed E-state index contributed by atoms with van der Waals surface area (Å²) in [7, 11) is -2.21. The van der Waals surface area contributed by atoms with Crippen molar-refractivity contribution in [3.8, 4) is 5.75 Å². The molecule has 1 saturated heterocycles. The average Bonchev–Trinajstić information content (AvgIpc) is 3.09. The van der Waals surface area contributed by atoms with Gasteiger partial charge in [0.05, 0.1) is 30.5 Å². The van der Waals surface area contributed by atoms with Crippen LogP contribution in [-0.4, -0.2) is 40.1 Å². The van der Waals surface area contributed by atoms with Gasteiger partial charge in [-0.1, -0.05) is 6.07 Å². The van der Waals surface area contributed by atoms with Crippen molar-refractivity contribution in [1.82, 2.24) is 0 Å². The van der Waals surface area contributed by atoms with E-state index in [1.54, 1.807) is 0 Å². The van der Waals surface area contributed by atoms with Crippen molar-refractivity contribution in [2.24, 2.45) is 5.92 Å². The molecular formula is C20H20F3N3O5S. The largest absolute Gasteiger partial charge is 0.494 e. The highest BCUT2D eigenvalue weighted by Crippen LogP contribution is 2.34. The number of nitrogens with one attached hydrogen (secondary N) is 2. The van der Waals surface area contributed by atoms with Gasteiger partial charge in [0.2, 0.25) is 21.8 Å². The lowest BCUT2D eigenvalue weighted by Gasteiger charge is -2.18. The Morgan fingerprint density at radius 1 is 1.19 bits per heavy atom. The molecule has 3 rings (SSSR count). The smallest absolute Gasteiger partial charge is 0.416 e. The summed E-state index contributed by atoms with van der Waals surface area (Å²) in [4.78, 5) is 26.2. The van der Waals surface area contributed by atoms with Gasteiger partial charge in [0, 0.05) is 30.4 Å². The summed E-state index contributed by atoms with van der Waals surface area (Å²) in [5.74, 6) is -1.58. The van der Waals surface area contributed by atoms with Crippen molar-refractivity contribution in [2.45, 2.75) is 12.6 Å². The number of hydrogen-bond donors (Lipinski definition) is 2. The molecule has 0 aliphatic carbocycles. The molecule has 1 unspecified atom stereocenters. The number of methoxy groups -OCH3 is 1. The van der Waals surface area contributed by atoms with Crippen molar-refractivity contribution in [3.63, 3.8) is 0 Å². The van der Waals surface area contributed by atoms with Gasteiger partial charge in [0.15, 0.2) is 0 Å². The van der Waals surface area contributed by atoms with Gasteiger partial charge in [-0.25, -0.2) is 8.42 Å². The molecular weight excluding hydrogens is 451 g/mol. The van der Waals surface area contributed by atoms with Gasteiger partial charge in [-0.3, -0.25) is 14.3 Å². The van der Waals surface area contributed by atoms with E-state index in [0.29, 0.717) is 5.69 Å². The minimum absolute atomic E-state index is 0.0676. The summed E-state index contributed by atoms with van der Waals surface area (Å²) in [6.45, 7) is -0.0726. The number of alkyl halides is 3. The van der Waals surface area contributed by atoms with E-state index in [0.717, 1.165) is 23.3 Å². The number of ether oxygens (including phenoxy) is 1. The van der Waals surface area contributed by atoms with Crippen molar-refractivity contribution in [2.75, 3.05) is 34.8 Å². The second-order valence-electron chi connectivity index (χ2n) is 7.23. The molecule has 1 heterocycles. The molecule has 32 heavy (non-hydrogen) atoms.